The van der Waals surface area contributed by atoms with Crippen LogP contribution in [0.4, 0.5) is 5.69 Å². The van der Waals surface area contributed by atoms with Crippen molar-refractivity contribution in [3.05, 3.63) is 30.3 Å². The summed E-state index contributed by atoms with van der Waals surface area (Å²) in [5.74, 6) is 0.910. The Hall–Kier alpha value is -0.980. The van der Waals surface area contributed by atoms with E-state index >= 15 is 0 Å². The van der Waals surface area contributed by atoms with E-state index in [1.165, 1.54) is 5.69 Å². The molecule has 0 saturated heterocycles. The minimum Gasteiger partial charge on any atom is -0.375 e. The normalized spacial score (nSPS) is 9.35. The predicted octanol–water partition coefficient (Wildman–Crippen LogP) is 2.71. The molecule has 1 aromatic carbocycles. The molecule has 0 aliphatic rings. The zero-order valence-electron chi connectivity index (χ0n) is 12.7. The molecular formula is C15H27IN4. The summed E-state index contributed by atoms with van der Waals surface area (Å²) in [5, 5.41) is 6.46. The quantitative estimate of drug-likeness (QED) is 0.326. The minimum atomic E-state index is 0. The van der Waals surface area contributed by atoms with Crippen molar-refractivity contribution >= 4 is 35.6 Å². The Morgan fingerprint density at radius 3 is 2.25 bits per heavy atom. The molecule has 0 heterocycles. The molecule has 0 spiro atoms. The van der Waals surface area contributed by atoms with E-state index in [9.17, 15) is 0 Å². The van der Waals surface area contributed by atoms with Crippen molar-refractivity contribution in [1.82, 2.24) is 10.6 Å². The summed E-state index contributed by atoms with van der Waals surface area (Å²) in [6.07, 6.45) is 1.05. The second-order valence-corrected chi connectivity index (χ2v) is 4.40. The van der Waals surface area contributed by atoms with Gasteiger partial charge in [0, 0.05) is 38.9 Å². The van der Waals surface area contributed by atoms with Crippen LogP contribution < -0.4 is 15.5 Å². The smallest absolute Gasteiger partial charge is 0.191 e. The molecule has 114 valence electrons. The average Bonchev–Trinajstić information content (AvgIpc) is 2.44. The van der Waals surface area contributed by atoms with Crippen LogP contribution in [0.3, 0.4) is 0 Å². The summed E-state index contributed by atoms with van der Waals surface area (Å²) in [4.78, 5) is 6.80. The molecule has 2 N–H and O–H groups in total. The number of benzene rings is 1. The van der Waals surface area contributed by atoms with Gasteiger partial charge in [0.2, 0.25) is 0 Å². The Morgan fingerprint density at radius 2 is 1.70 bits per heavy atom. The molecule has 0 bridgehead atoms. The van der Waals surface area contributed by atoms with E-state index in [-0.39, 0.29) is 24.0 Å². The molecule has 20 heavy (non-hydrogen) atoms. The van der Waals surface area contributed by atoms with Crippen LogP contribution in [-0.2, 0) is 0 Å². The molecule has 0 aliphatic carbocycles. The van der Waals surface area contributed by atoms with Crippen molar-refractivity contribution in [3.63, 3.8) is 0 Å². The number of aliphatic imine (C=N–C) groups is 1. The highest BCUT2D eigenvalue weighted by Crippen LogP contribution is 2.10. The highest BCUT2D eigenvalue weighted by molar-refractivity contribution is 14.0. The van der Waals surface area contributed by atoms with E-state index in [2.05, 4.69) is 65.7 Å². The number of para-hydroxylation sites is 1. The first-order valence-corrected chi connectivity index (χ1v) is 7.06. The van der Waals surface area contributed by atoms with E-state index in [0.29, 0.717) is 0 Å². The molecule has 0 unspecified atom stereocenters. The topological polar surface area (TPSA) is 39.7 Å². The van der Waals surface area contributed by atoms with Gasteiger partial charge in [-0.2, -0.15) is 0 Å². The van der Waals surface area contributed by atoms with Gasteiger partial charge >= 0.3 is 0 Å². The highest BCUT2D eigenvalue weighted by atomic mass is 127. The second-order valence-electron chi connectivity index (χ2n) is 4.40. The van der Waals surface area contributed by atoms with E-state index in [4.69, 9.17) is 0 Å². The van der Waals surface area contributed by atoms with E-state index < -0.39 is 0 Å². The lowest BCUT2D eigenvalue weighted by Crippen LogP contribution is -2.37. The summed E-state index contributed by atoms with van der Waals surface area (Å²) in [6, 6.07) is 10.4. The Bertz CT molecular complexity index is 359. The summed E-state index contributed by atoms with van der Waals surface area (Å²) in [6.45, 7) is 7.81. The minimum absolute atomic E-state index is 0. The predicted molar refractivity (Wildman–Crippen MR) is 99.4 cm³/mol. The Kier molecular flexibility index (Phi) is 11.2. The molecule has 5 heteroatoms. The lowest BCUT2D eigenvalue weighted by atomic mass is 10.3. The van der Waals surface area contributed by atoms with Crippen molar-refractivity contribution in [1.29, 1.82) is 0 Å². The highest BCUT2D eigenvalue weighted by Gasteiger charge is 1.99. The molecule has 1 aromatic rings. The van der Waals surface area contributed by atoms with Gasteiger partial charge in [0.05, 0.1) is 0 Å². The number of guanidine groups is 1. The average molecular weight is 390 g/mol. The number of nitrogens with one attached hydrogen (secondary N) is 2. The van der Waals surface area contributed by atoms with Crippen molar-refractivity contribution in [2.75, 3.05) is 38.1 Å². The maximum atomic E-state index is 4.54. The summed E-state index contributed by atoms with van der Waals surface area (Å²) in [7, 11) is 2.12. The second kappa shape index (κ2) is 11.8. The lowest BCUT2D eigenvalue weighted by Gasteiger charge is -2.18. The van der Waals surface area contributed by atoms with E-state index in [0.717, 1.165) is 38.6 Å². The van der Waals surface area contributed by atoms with Crippen LogP contribution in [0.5, 0.6) is 0 Å². The maximum Gasteiger partial charge on any atom is 0.191 e. The largest absolute Gasteiger partial charge is 0.375 e. The third-order valence-electron chi connectivity index (χ3n) is 2.81. The number of rotatable bonds is 7. The zero-order chi connectivity index (χ0) is 13.9. The van der Waals surface area contributed by atoms with Gasteiger partial charge in [-0.3, -0.25) is 4.99 Å². The Labute approximate surface area is 140 Å². The van der Waals surface area contributed by atoms with Gasteiger partial charge in [-0.25, -0.2) is 0 Å². The van der Waals surface area contributed by atoms with Gasteiger partial charge in [0.25, 0.3) is 0 Å². The molecule has 4 nitrogen and oxygen atoms in total. The number of hydrogen-bond acceptors (Lipinski definition) is 2. The number of anilines is 1. The molecule has 0 saturated carbocycles. The first-order valence-electron chi connectivity index (χ1n) is 7.06. The fourth-order valence-corrected chi connectivity index (χ4v) is 1.82. The molecule has 0 aliphatic heterocycles. The van der Waals surface area contributed by atoms with Gasteiger partial charge in [0.15, 0.2) is 5.96 Å². The van der Waals surface area contributed by atoms with E-state index in [1.54, 1.807) is 0 Å². The van der Waals surface area contributed by atoms with Gasteiger partial charge < -0.3 is 15.5 Å². The van der Waals surface area contributed by atoms with Crippen LogP contribution in [0.25, 0.3) is 0 Å². The van der Waals surface area contributed by atoms with E-state index in [1.807, 2.05) is 6.07 Å². The molecule has 0 fully saturated rings. The fourth-order valence-electron chi connectivity index (χ4n) is 1.82. The number of halogens is 1. The zero-order valence-corrected chi connectivity index (χ0v) is 15.1. The molecule has 0 radical (unpaired) electrons. The van der Waals surface area contributed by atoms with Gasteiger partial charge in [-0.15, -0.1) is 24.0 Å². The van der Waals surface area contributed by atoms with Crippen LogP contribution >= 0.6 is 24.0 Å². The lowest BCUT2D eigenvalue weighted by molar-refractivity contribution is 0.775. The maximum absolute atomic E-state index is 4.54. The van der Waals surface area contributed by atoms with Gasteiger partial charge in [-0.05, 0) is 32.4 Å². The molecule has 1 rings (SSSR count). The van der Waals surface area contributed by atoms with Crippen molar-refractivity contribution in [2.45, 2.75) is 20.3 Å². The first-order chi connectivity index (χ1) is 9.27. The number of nitrogens with zero attached hydrogens (tertiary/aromatic N) is 2. The van der Waals surface area contributed by atoms with Crippen molar-refractivity contribution in [3.8, 4) is 0 Å². The standard InChI is InChI=1S/C15H26N4.HI/c1-4-16-15(17-5-2)18-12-9-13-19(3)14-10-7-6-8-11-14;/h6-8,10-11H,4-5,9,12-13H2,1-3H3,(H2,16,17,18);1H. The summed E-state index contributed by atoms with van der Waals surface area (Å²) in [5.41, 5.74) is 1.25. The van der Waals surface area contributed by atoms with Crippen LogP contribution in [0.15, 0.2) is 35.3 Å². The Morgan fingerprint density at radius 1 is 1.10 bits per heavy atom. The van der Waals surface area contributed by atoms with Gasteiger partial charge in [0.1, 0.15) is 0 Å². The van der Waals surface area contributed by atoms with Crippen molar-refractivity contribution < 1.29 is 0 Å². The summed E-state index contributed by atoms with van der Waals surface area (Å²) >= 11 is 0. The molecule has 0 aromatic heterocycles. The third kappa shape index (κ3) is 7.57. The van der Waals surface area contributed by atoms with Gasteiger partial charge in [-0.1, -0.05) is 18.2 Å². The first kappa shape index (κ1) is 19.0. The van der Waals surface area contributed by atoms with Crippen LogP contribution in [0, 0.1) is 0 Å². The van der Waals surface area contributed by atoms with Crippen molar-refractivity contribution in [2.24, 2.45) is 4.99 Å². The summed E-state index contributed by atoms with van der Waals surface area (Å²) < 4.78 is 0. The molecular weight excluding hydrogens is 363 g/mol. The fraction of sp³-hybridized carbons (Fsp3) is 0.533. The third-order valence-corrected chi connectivity index (χ3v) is 2.81. The van der Waals surface area contributed by atoms with Crippen LogP contribution in [0.2, 0.25) is 0 Å². The van der Waals surface area contributed by atoms with Crippen LogP contribution in [-0.4, -0.2) is 39.2 Å². The monoisotopic (exact) mass is 390 g/mol. The number of hydrogen-bond donors (Lipinski definition) is 2. The van der Waals surface area contributed by atoms with Crippen LogP contribution in [0.1, 0.15) is 20.3 Å². The Balaban J connectivity index is 0.00000361. The molecule has 0 amide bonds. The molecule has 0 atom stereocenters. The SMILES string of the molecule is CCNC(=NCCCN(C)c1ccccc1)NCC.I.